The summed E-state index contributed by atoms with van der Waals surface area (Å²) in [6, 6.07) is 17.0. The molecular formula is C22H27N3O2. The maximum absolute atomic E-state index is 12.2. The normalized spacial score (nSPS) is 15.9. The number of anilines is 2. The molecule has 5 heteroatoms. The van der Waals surface area contributed by atoms with Crippen LogP contribution in [0.1, 0.15) is 38.3 Å². The Morgan fingerprint density at radius 2 is 1.59 bits per heavy atom. The molecule has 2 aromatic rings. The second kappa shape index (κ2) is 8.71. The standard InChI is InChI=1S/C22H27N3O2/c1-16-12-14-25(15-13-16)20-10-8-19(9-11-20)24-22(27)21(26)23-17(2)18-6-4-3-5-7-18/h3-11,16-17H,12-15H2,1-2H3,(H,23,26)(H,24,27). The van der Waals surface area contributed by atoms with Gasteiger partial charge in [-0.05, 0) is 55.5 Å². The summed E-state index contributed by atoms with van der Waals surface area (Å²) in [5, 5.41) is 5.39. The quantitative estimate of drug-likeness (QED) is 0.812. The van der Waals surface area contributed by atoms with Crippen LogP contribution in [-0.4, -0.2) is 24.9 Å². The van der Waals surface area contributed by atoms with Gasteiger partial charge in [0.25, 0.3) is 0 Å². The molecular weight excluding hydrogens is 338 g/mol. The van der Waals surface area contributed by atoms with Crippen molar-refractivity contribution in [1.29, 1.82) is 0 Å². The molecule has 1 aliphatic rings. The third-order valence-electron chi connectivity index (χ3n) is 5.13. The van der Waals surface area contributed by atoms with E-state index in [0.717, 1.165) is 30.3 Å². The maximum atomic E-state index is 12.2. The van der Waals surface area contributed by atoms with Crippen molar-refractivity contribution in [2.24, 2.45) is 5.92 Å². The van der Waals surface area contributed by atoms with E-state index in [4.69, 9.17) is 0 Å². The third kappa shape index (κ3) is 5.09. The summed E-state index contributed by atoms with van der Waals surface area (Å²) < 4.78 is 0. The minimum atomic E-state index is -0.655. The molecule has 5 nitrogen and oxygen atoms in total. The first kappa shape index (κ1) is 19.0. The molecule has 1 atom stereocenters. The zero-order valence-corrected chi connectivity index (χ0v) is 15.9. The molecule has 2 N–H and O–H groups in total. The zero-order chi connectivity index (χ0) is 19.2. The minimum absolute atomic E-state index is 0.228. The molecule has 1 unspecified atom stereocenters. The Labute approximate surface area is 160 Å². The van der Waals surface area contributed by atoms with Crippen LogP contribution >= 0.6 is 0 Å². The fourth-order valence-corrected chi connectivity index (χ4v) is 3.30. The van der Waals surface area contributed by atoms with Crippen molar-refractivity contribution in [1.82, 2.24) is 5.32 Å². The van der Waals surface area contributed by atoms with E-state index in [2.05, 4.69) is 22.5 Å². The van der Waals surface area contributed by atoms with Gasteiger partial charge in [-0.15, -0.1) is 0 Å². The molecule has 3 rings (SSSR count). The van der Waals surface area contributed by atoms with Crippen molar-refractivity contribution in [3.05, 3.63) is 60.2 Å². The number of hydrogen-bond acceptors (Lipinski definition) is 3. The predicted molar refractivity (Wildman–Crippen MR) is 109 cm³/mol. The number of amides is 2. The van der Waals surface area contributed by atoms with Gasteiger partial charge < -0.3 is 15.5 Å². The molecule has 1 aliphatic heterocycles. The lowest BCUT2D eigenvalue weighted by Gasteiger charge is -2.32. The highest BCUT2D eigenvalue weighted by Gasteiger charge is 2.18. The highest BCUT2D eigenvalue weighted by molar-refractivity contribution is 6.39. The van der Waals surface area contributed by atoms with Crippen LogP contribution in [-0.2, 0) is 9.59 Å². The SMILES string of the molecule is CC1CCN(c2ccc(NC(=O)C(=O)NC(C)c3ccccc3)cc2)CC1. The summed E-state index contributed by atoms with van der Waals surface area (Å²) in [5.74, 6) is -0.505. The Kier molecular flexibility index (Phi) is 6.12. The van der Waals surface area contributed by atoms with Gasteiger partial charge in [0.05, 0.1) is 6.04 Å². The Bertz CT molecular complexity index is 766. The fraction of sp³-hybridized carbons (Fsp3) is 0.364. The van der Waals surface area contributed by atoms with Crippen LogP contribution in [0.3, 0.4) is 0 Å². The van der Waals surface area contributed by atoms with Gasteiger partial charge in [-0.3, -0.25) is 9.59 Å². The Balaban J connectivity index is 1.53. The van der Waals surface area contributed by atoms with Gasteiger partial charge in [0.1, 0.15) is 0 Å². The lowest BCUT2D eigenvalue weighted by Crippen LogP contribution is -2.36. The lowest BCUT2D eigenvalue weighted by molar-refractivity contribution is -0.136. The van der Waals surface area contributed by atoms with Gasteiger partial charge in [0.2, 0.25) is 0 Å². The van der Waals surface area contributed by atoms with Gasteiger partial charge in [0.15, 0.2) is 0 Å². The van der Waals surface area contributed by atoms with Crippen LogP contribution in [0.25, 0.3) is 0 Å². The van der Waals surface area contributed by atoms with Gasteiger partial charge in [0, 0.05) is 24.5 Å². The second-order valence-corrected chi connectivity index (χ2v) is 7.28. The summed E-state index contributed by atoms with van der Waals surface area (Å²) in [6.07, 6.45) is 2.41. The number of benzene rings is 2. The second-order valence-electron chi connectivity index (χ2n) is 7.28. The molecule has 2 amide bonds. The van der Waals surface area contributed by atoms with Crippen LogP contribution in [0.2, 0.25) is 0 Å². The van der Waals surface area contributed by atoms with Crippen molar-refractivity contribution in [3.63, 3.8) is 0 Å². The van der Waals surface area contributed by atoms with E-state index in [1.165, 1.54) is 12.8 Å². The Hall–Kier alpha value is -2.82. The van der Waals surface area contributed by atoms with Crippen molar-refractivity contribution in [3.8, 4) is 0 Å². The largest absolute Gasteiger partial charge is 0.372 e. The maximum Gasteiger partial charge on any atom is 0.313 e. The minimum Gasteiger partial charge on any atom is -0.372 e. The van der Waals surface area contributed by atoms with E-state index in [0.29, 0.717) is 5.69 Å². The van der Waals surface area contributed by atoms with E-state index in [9.17, 15) is 9.59 Å². The number of carbonyl (C=O) groups excluding carboxylic acids is 2. The van der Waals surface area contributed by atoms with E-state index < -0.39 is 11.8 Å². The van der Waals surface area contributed by atoms with Gasteiger partial charge in [-0.25, -0.2) is 0 Å². The molecule has 0 aromatic heterocycles. The van der Waals surface area contributed by atoms with E-state index in [1.54, 1.807) is 0 Å². The first-order valence-electron chi connectivity index (χ1n) is 9.54. The number of nitrogens with one attached hydrogen (secondary N) is 2. The van der Waals surface area contributed by atoms with Crippen molar-refractivity contribution in [2.45, 2.75) is 32.7 Å². The van der Waals surface area contributed by atoms with Crippen LogP contribution in [0.5, 0.6) is 0 Å². The highest BCUT2D eigenvalue weighted by atomic mass is 16.2. The Morgan fingerprint density at radius 3 is 2.22 bits per heavy atom. The molecule has 0 radical (unpaired) electrons. The van der Waals surface area contributed by atoms with Crippen molar-refractivity contribution < 1.29 is 9.59 Å². The molecule has 0 aliphatic carbocycles. The monoisotopic (exact) mass is 365 g/mol. The molecule has 0 bridgehead atoms. The smallest absolute Gasteiger partial charge is 0.313 e. The molecule has 1 fully saturated rings. The zero-order valence-electron chi connectivity index (χ0n) is 15.9. The summed E-state index contributed by atoms with van der Waals surface area (Å²) in [4.78, 5) is 26.7. The van der Waals surface area contributed by atoms with Crippen LogP contribution in [0.15, 0.2) is 54.6 Å². The highest BCUT2D eigenvalue weighted by Crippen LogP contribution is 2.24. The van der Waals surface area contributed by atoms with Gasteiger partial charge in [-0.2, -0.15) is 0 Å². The first-order chi connectivity index (χ1) is 13.0. The molecule has 1 heterocycles. The topological polar surface area (TPSA) is 61.4 Å². The van der Waals surface area contributed by atoms with E-state index >= 15 is 0 Å². The number of hydrogen-bond donors (Lipinski definition) is 2. The summed E-state index contributed by atoms with van der Waals surface area (Å²) >= 11 is 0. The van der Waals surface area contributed by atoms with E-state index in [-0.39, 0.29) is 6.04 Å². The van der Waals surface area contributed by atoms with E-state index in [1.807, 2.05) is 61.5 Å². The fourth-order valence-electron chi connectivity index (χ4n) is 3.30. The average Bonchev–Trinajstić information content (AvgIpc) is 2.70. The molecule has 27 heavy (non-hydrogen) atoms. The number of carbonyl (C=O) groups is 2. The Morgan fingerprint density at radius 1 is 0.963 bits per heavy atom. The average molecular weight is 365 g/mol. The van der Waals surface area contributed by atoms with Crippen molar-refractivity contribution in [2.75, 3.05) is 23.3 Å². The summed E-state index contributed by atoms with van der Waals surface area (Å²) in [7, 11) is 0. The lowest BCUT2D eigenvalue weighted by atomic mass is 9.99. The third-order valence-corrected chi connectivity index (χ3v) is 5.13. The van der Waals surface area contributed by atoms with Gasteiger partial charge >= 0.3 is 11.8 Å². The van der Waals surface area contributed by atoms with Crippen LogP contribution in [0, 0.1) is 5.92 Å². The van der Waals surface area contributed by atoms with Gasteiger partial charge in [-0.1, -0.05) is 37.3 Å². The number of rotatable bonds is 4. The summed E-state index contributed by atoms with van der Waals surface area (Å²) in [6.45, 7) is 6.27. The van der Waals surface area contributed by atoms with Crippen LogP contribution < -0.4 is 15.5 Å². The van der Waals surface area contributed by atoms with Crippen molar-refractivity contribution >= 4 is 23.2 Å². The van der Waals surface area contributed by atoms with Crippen LogP contribution in [0.4, 0.5) is 11.4 Å². The summed E-state index contributed by atoms with van der Waals surface area (Å²) in [5.41, 5.74) is 2.73. The molecule has 1 saturated heterocycles. The molecule has 142 valence electrons. The number of nitrogens with zero attached hydrogens (tertiary/aromatic N) is 1. The molecule has 0 spiro atoms. The molecule has 2 aromatic carbocycles. The number of piperidine rings is 1. The first-order valence-corrected chi connectivity index (χ1v) is 9.54. The predicted octanol–water partition coefficient (Wildman–Crippen LogP) is 3.74. The molecule has 0 saturated carbocycles.